The van der Waals surface area contributed by atoms with Crippen LogP contribution in [0.1, 0.15) is 48.6 Å². The molecular formula is C21H26N2O3. The number of piperidine rings is 1. The number of hydrogen-bond donors (Lipinski definition) is 0. The average Bonchev–Trinajstić information content (AvgIpc) is 3.17. The lowest BCUT2D eigenvalue weighted by atomic mass is 9.81. The normalized spacial score (nSPS) is 16.4. The number of aryl methyl sites for hydroxylation is 1. The summed E-state index contributed by atoms with van der Waals surface area (Å²) in [6.45, 7) is 3.56. The molecule has 5 nitrogen and oxygen atoms in total. The van der Waals surface area contributed by atoms with E-state index in [1.54, 1.807) is 12.5 Å². The van der Waals surface area contributed by atoms with E-state index in [2.05, 4.69) is 11.1 Å². The number of aldehydes is 1. The highest BCUT2D eigenvalue weighted by atomic mass is 16.3. The summed E-state index contributed by atoms with van der Waals surface area (Å²) in [6, 6.07) is 8.12. The van der Waals surface area contributed by atoms with Crippen LogP contribution in [0.15, 0.2) is 41.1 Å². The topological polar surface area (TPSA) is 63.4 Å². The first kappa shape index (κ1) is 18.4. The minimum atomic E-state index is 0.157. The minimum Gasteiger partial charge on any atom is -0.449 e. The van der Waals surface area contributed by atoms with Crippen molar-refractivity contribution in [1.82, 2.24) is 9.88 Å². The molecule has 1 saturated heterocycles. The zero-order chi connectivity index (χ0) is 18.4. The van der Waals surface area contributed by atoms with E-state index in [9.17, 15) is 9.59 Å². The van der Waals surface area contributed by atoms with Gasteiger partial charge >= 0.3 is 0 Å². The molecule has 0 bridgehead atoms. The van der Waals surface area contributed by atoms with E-state index in [1.807, 2.05) is 30.0 Å². The average molecular weight is 354 g/mol. The van der Waals surface area contributed by atoms with Crippen molar-refractivity contribution in [2.45, 2.75) is 44.9 Å². The molecule has 2 heterocycles. The van der Waals surface area contributed by atoms with Crippen LogP contribution in [0, 0.1) is 12.8 Å². The number of aromatic nitrogens is 1. The second-order valence-corrected chi connectivity index (χ2v) is 7.10. The zero-order valence-corrected chi connectivity index (χ0v) is 15.3. The Balaban J connectivity index is 1.57. The number of rotatable bonds is 7. The Kier molecular flexibility index (Phi) is 6.21. The van der Waals surface area contributed by atoms with Crippen LogP contribution in [0.3, 0.4) is 0 Å². The van der Waals surface area contributed by atoms with E-state index in [0.29, 0.717) is 18.8 Å². The molecule has 5 heteroatoms. The van der Waals surface area contributed by atoms with Gasteiger partial charge in [0.05, 0.1) is 12.6 Å². The third-order valence-electron chi connectivity index (χ3n) is 5.26. The molecule has 1 aliphatic rings. The van der Waals surface area contributed by atoms with Crippen molar-refractivity contribution in [3.63, 3.8) is 0 Å². The van der Waals surface area contributed by atoms with E-state index in [4.69, 9.17) is 4.42 Å². The molecule has 0 spiro atoms. The van der Waals surface area contributed by atoms with Gasteiger partial charge in [-0.3, -0.25) is 4.79 Å². The maximum absolute atomic E-state index is 12.6. The van der Waals surface area contributed by atoms with Crippen LogP contribution in [0.4, 0.5) is 0 Å². The fraction of sp³-hybridized carbons (Fsp3) is 0.476. The molecular weight excluding hydrogens is 328 g/mol. The predicted octanol–water partition coefficient (Wildman–Crippen LogP) is 3.53. The Morgan fingerprint density at radius 2 is 2.19 bits per heavy atom. The molecule has 0 radical (unpaired) electrons. The number of carbonyl (C=O) groups is 2. The SMILES string of the molecule is Cc1cccc(CC(=O)N2CCC(C(CCC=O)c3ncco3)CC2)c1. The maximum atomic E-state index is 12.6. The van der Waals surface area contributed by atoms with Crippen LogP contribution in [0.2, 0.25) is 0 Å². The minimum absolute atomic E-state index is 0.157. The van der Waals surface area contributed by atoms with Crippen LogP contribution in [-0.4, -0.2) is 35.2 Å². The summed E-state index contributed by atoms with van der Waals surface area (Å²) in [6.07, 6.45) is 7.77. The van der Waals surface area contributed by atoms with E-state index >= 15 is 0 Å². The second kappa shape index (κ2) is 8.79. The quantitative estimate of drug-likeness (QED) is 0.714. The van der Waals surface area contributed by atoms with Crippen LogP contribution in [0.25, 0.3) is 0 Å². The van der Waals surface area contributed by atoms with E-state index in [0.717, 1.165) is 50.1 Å². The van der Waals surface area contributed by atoms with Gasteiger partial charge in [-0.05, 0) is 37.7 Å². The Labute approximate surface area is 154 Å². The molecule has 1 unspecified atom stereocenters. The van der Waals surface area contributed by atoms with E-state index in [1.165, 1.54) is 5.56 Å². The summed E-state index contributed by atoms with van der Waals surface area (Å²) < 4.78 is 5.50. The van der Waals surface area contributed by atoms with Gasteiger partial charge in [-0.25, -0.2) is 4.98 Å². The summed E-state index contributed by atoms with van der Waals surface area (Å²) in [5.74, 6) is 1.46. The fourth-order valence-electron chi connectivity index (χ4n) is 3.89. The number of carbonyl (C=O) groups excluding carboxylic acids is 2. The Hall–Kier alpha value is -2.43. The van der Waals surface area contributed by atoms with Crippen molar-refractivity contribution >= 4 is 12.2 Å². The molecule has 138 valence electrons. The lowest BCUT2D eigenvalue weighted by Crippen LogP contribution is -2.40. The van der Waals surface area contributed by atoms with Gasteiger partial charge in [0.2, 0.25) is 5.91 Å². The Morgan fingerprint density at radius 1 is 1.38 bits per heavy atom. The predicted molar refractivity (Wildman–Crippen MR) is 98.7 cm³/mol. The van der Waals surface area contributed by atoms with Crippen LogP contribution >= 0.6 is 0 Å². The molecule has 0 N–H and O–H groups in total. The first-order valence-electron chi connectivity index (χ1n) is 9.33. The van der Waals surface area contributed by atoms with Gasteiger partial charge in [-0.1, -0.05) is 29.8 Å². The summed E-state index contributed by atoms with van der Waals surface area (Å²) in [4.78, 5) is 29.7. The smallest absolute Gasteiger partial charge is 0.226 e. The van der Waals surface area contributed by atoms with Crippen molar-refractivity contribution < 1.29 is 14.0 Å². The van der Waals surface area contributed by atoms with Crippen molar-refractivity contribution in [1.29, 1.82) is 0 Å². The molecule has 1 atom stereocenters. The van der Waals surface area contributed by atoms with Crippen molar-refractivity contribution in [3.8, 4) is 0 Å². The molecule has 1 aliphatic heterocycles. The van der Waals surface area contributed by atoms with Gasteiger partial charge in [-0.2, -0.15) is 0 Å². The number of likely N-dealkylation sites (tertiary alicyclic amines) is 1. The number of oxazole rings is 1. The molecule has 3 rings (SSSR count). The largest absolute Gasteiger partial charge is 0.449 e. The Bertz CT molecular complexity index is 719. The third kappa shape index (κ3) is 4.59. The molecule has 0 saturated carbocycles. The van der Waals surface area contributed by atoms with E-state index < -0.39 is 0 Å². The van der Waals surface area contributed by atoms with Gasteiger partial charge in [-0.15, -0.1) is 0 Å². The molecule has 1 aromatic carbocycles. The number of nitrogens with zero attached hydrogens (tertiary/aromatic N) is 2. The highest BCUT2D eigenvalue weighted by Crippen LogP contribution is 2.35. The van der Waals surface area contributed by atoms with Crippen molar-refractivity contribution in [2.75, 3.05) is 13.1 Å². The van der Waals surface area contributed by atoms with Gasteiger partial charge < -0.3 is 14.1 Å². The lowest BCUT2D eigenvalue weighted by molar-refractivity contribution is -0.132. The summed E-state index contributed by atoms with van der Waals surface area (Å²) in [5, 5.41) is 0. The van der Waals surface area contributed by atoms with Gasteiger partial charge in [0.1, 0.15) is 12.5 Å². The third-order valence-corrected chi connectivity index (χ3v) is 5.26. The Morgan fingerprint density at radius 3 is 2.85 bits per heavy atom. The number of benzene rings is 1. The molecule has 1 amide bonds. The summed E-state index contributed by atoms with van der Waals surface area (Å²) >= 11 is 0. The molecule has 1 aromatic heterocycles. The number of amides is 1. The molecule has 26 heavy (non-hydrogen) atoms. The summed E-state index contributed by atoms with van der Waals surface area (Å²) in [5.41, 5.74) is 2.25. The van der Waals surface area contributed by atoms with Gasteiger partial charge in [0.25, 0.3) is 0 Å². The lowest BCUT2D eigenvalue weighted by Gasteiger charge is -2.35. The van der Waals surface area contributed by atoms with Crippen LogP contribution in [-0.2, 0) is 16.0 Å². The van der Waals surface area contributed by atoms with Crippen LogP contribution in [0.5, 0.6) is 0 Å². The first-order chi connectivity index (χ1) is 12.7. The summed E-state index contributed by atoms with van der Waals surface area (Å²) in [7, 11) is 0. The maximum Gasteiger partial charge on any atom is 0.226 e. The first-order valence-corrected chi connectivity index (χ1v) is 9.33. The highest BCUT2D eigenvalue weighted by molar-refractivity contribution is 5.78. The molecule has 0 aliphatic carbocycles. The number of hydrogen-bond acceptors (Lipinski definition) is 4. The zero-order valence-electron chi connectivity index (χ0n) is 15.3. The molecule has 2 aromatic rings. The van der Waals surface area contributed by atoms with Crippen LogP contribution < -0.4 is 0 Å². The van der Waals surface area contributed by atoms with Crippen molar-refractivity contribution in [3.05, 3.63) is 53.7 Å². The fourth-order valence-corrected chi connectivity index (χ4v) is 3.89. The molecule has 1 fully saturated rings. The van der Waals surface area contributed by atoms with E-state index in [-0.39, 0.29) is 11.8 Å². The highest BCUT2D eigenvalue weighted by Gasteiger charge is 2.31. The standard InChI is InChI=1S/C21H26N2O3/c1-16-4-2-5-17(14-16)15-20(25)23-10-7-18(8-11-23)19(6-3-12-24)21-22-9-13-26-21/h2,4-5,9,12-14,18-19H,3,6-8,10-11,15H2,1H3. The van der Waals surface area contributed by atoms with Crippen molar-refractivity contribution in [2.24, 2.45) is 5.92 Å². The monoisotopic (exact) mass is 354 g/mol. The second-order valence-electron chi connectivity index (χ2n) is 7.10. The van der Waals surface area contributed by atoms with Gasteiger partial charge in [0.15, 0.2) is 5.89 Å². The van der Waals surface area contributed by atoms with Gasteiger partial charge in [0, 0.05) is 25.4 Å².